The maximum Gasteiger partial charge on any atom is 0.183 e. The van der Waals surface area contributed by atoms with E-state index in [0.29, 0.717) is 5.02 Å². The molecule has 3 heterocycles. The Morgan fingerprint density at radius 2 is 1.97 bits per heavy atom. The maximum atomic E-state index is 6.10. The number of morpholine rings is 1. The largest absolute Gasteiger partial charge is 0.379 e. The summed E-state index contributed by atoms with van der Waals surface area (Å²) in [6.45, 7) is 5.56. The first-order valence-electron chi connectivity index (χ1n) is 10.0. The van der Waals surface area contributed by atoms with E-state index in [0.717, 1.165) is 72.3 Å². The van der Waals surface area contributed by atoms with Gasteiger partial charge in [-0.25, -0.2) is 4.98 Å². The van der Waals surface area contributed by atoms with Gasteiger partial charge in [0.25, 0.3) is 0 Å². The van der Waals surface area contributed by atoms with E-state index in [9.17, 15) is 0 Å². The van der Waals surface area contributed by atoms with E-state index < -0.39 is 0 Å². The van der Waals surface area contributed by atoms with E-state index in [2.05, 4.69) is 38.7 Å². The van der Waals surface area contributed by atoms with Crippen molar-refractivity contribution in [1.29, 1.82) is 0 Å². The predicted molar refractivity (Wildman–Crippen MR) is 125 cm³/mol. The first kappa shape index (κ1) is 19.5. The minimum atomic E-state index is 0.685. The number of pyridine rings is 1. The first-order valence-corrected chi connectivity index (χ1v) is 11.2. The average molecular weight is 440 g/mol. The molecule has 6 nitrogen and oxygen atoms in total. The van der Waals surface area contributed by atoms with E-state index in [1.807, 2.05) is 24.3 Å². The summed E-state index contributed by atoms with van der Waals surface area (Å²) in [7, 11) is 0. The van der Waals surface area contributed by atoms with Crippen molar-refractivity contribution < 1.29 is 4.74 Å². The van der Waals surface area contributed by atoms with Gasteiger partial charge >= 0.3 is 0 Å². The van der Waals surface area contributed by atoms with Crippen molar-refractivity contribution in [2.75, 3.05) is 50.0 Å². The molecule has 2 aromatic carbocycles. The molecule has 5 rings (SSSR count). The minimum Gasteiger partial charge on any atom is -0.379 e. The van der Waals surface area contributed by atoms with E-state index in [4.69, 9.17) is 21.3 Å². The van der Waals surface area contributed by atoms with Crippen LogP contribution in [0, 0.1) is 0 Å². The lowest BCUT2D eigenvalue weighted by Gasteiger charge is -2.26. The van der Waals surface area contributed by atoms with Crippen LogP contribution in [0.1, 0.15) is 0 Å². The Morgan fingerprint density at radius 3 is 2.87 bits per heavy atom. The van der Waals surface area contributed by atoms with Crippen LogP contribution in [0.25, 0.3) is 21.1 Å². The lowest BCUT2D eigenvalue weighted by molar-refractivity contribution is 0.0398. The van der Waals surface area contributed by atoms with Gasteiger partial charge in [0.2, 0.25) is 0 Å². The van der Waals surface area contributed by atoms with Gasteiger partial charge in [0, 0.05) is 54.2 Å². The monoisotopic (exact) mass is 439 g/mol. The first-order chi connectivity index (χ1) is 14.7. The Labute approximate surface area is 183 Å². The van der Waals surface area contributed by atoms with Gasteiger partial charge in [0.1, 0.15) is 0 Å². The molecule has 0 spiro atoms. The van der Waals surface area contributed by atoms with Crippen LogP contribution in [0.2, 0.25) is 5.02 Å². The Kier molecular flexibility index (Phi) is 5.68. The molecule has 0 saturated carbocycles. The number of hydrogen-bond acceptors (Lipinski definition) is 7. The van der Waals surface area contributed by atoms with Gasteiger partial charge in [-0.2, -0.15) is 0 Å². The molecule has 0 atom stereocenters. The fourth-order valence-electron chi connectivity index (χ4n) is 3.61. The second kappa shape index (κ2) is 8.73. The Bertz CT molecular complexity index is 1170. The van der Waals surface area contributed by atoms with Crippen molar-refractivity contribution in [2.24, 2.45) is 0 Å². The molecule has 1 aliphatic heterocycles. The van der Waals surface area contributed by atoms with Gasteiger partial charge in [0.05, 0.1) is 28.9 Å². The average Bonchev–Trinajstić information content (AvgIpc) is 3.16. The molecule has 0 radical (unpaired) electrons. The van der Waals surface area contributed by atoms with Gasteiger partial charge in [-0.3, -0.25) is 9.88 Å². The molecular weight excluding hydrogens is 418 g/mol. The number of halogens is 1. The molecule has 4 aromatic rings. The topological polar surface area (TPSA) is 62.3 Å². The summed E-state index contributed by atoms with van der Waals surface area (Å²) < 4.78 is 6.57. The van der Waals surface area contributed by atoms with E-state index in [1.54, 1.807) is 17.5 Å². The Hall–Kier alpha value is -2.45. The number of nitrogens with one attached hydrogen (secondary N) is 2. The summed E-state index contributed by atoms with van der Waals surface area (Å²) in [4.78, 5) is 11.6. The number of anilines is 3. The maximum absolute atomic E-state index is 6.10. The Balaban J connectivity index is 1.29. The van der Waals surface area contributed by atoms with Crippen molar-refractivity contribution in [1.82, 2.24) is 14.9 Å². The molecule has 30 heavy (non-hydrogen) atoms. The van der Waals surface area contributed by atoms with Crippen LogP contribution in [0.4, 0.5) is 16.5 Å². The molecule has 8 heteroatoms. The second-order valence-electron chi connectivity index (χ2n) is 7.23. The second-order valence-corrected chi connectivity index (χ2v) is 8.69. The third-order valence-corrected chi connectivity index (χ3v) is 6.41. The fourth-order valence-corrected chi connectivity index (χ4v) is 4.65. The molecule has 1 aliphatic rings. The van der Waals surface area contributed by atoms with Crippen LogP contribution >= 0.6 is 22.9 Å². The van der Waals surface area contributed by atoms with Crippen LogP contribution in [-0.4, -0.2) is 54.3 Å². The van der Waals surface area contributed by atoms with Crippen molar-refractivity contribution in [3.8, 4) is 0 Å². The zero-order valence-corrected chi connectivity index (χ0v) is 18.0. The summed E-state index contributed by atoms with van der Waals surface area (Å²) in [5.41, 5.74) is 3.85. The highest BCUT2D eigenvalue weighted by Crippen LogP contribution is 2.31. The molecule has 0 bridgehead atoms. The number of aromatic nitrogens is 2. The van der Waals surface area contributed by atoms with Crippen molar-refractivity contribution >= 4 is 60.6 Å². The predicted octanol–water partition coefficient (Wildman–Crippen LogP) is 4.99. The van der Waals surface area contributed by atoms with Crippen LogP contribution in [-0.2, 0) is 4.74 Å². The molecule has 2 aromatic heterocycles. The summed E-state index contributed by atoms with van der Waals surface area (Å²) in [6.07, 6.45) is 1.79. The van der Waals surface area contributed by atoms with Crippen LogP contribution in [0.3, 0.4) is 0 Å². The number of benzene rings is 2. The van der Waals surface area contributed by atoms with Crippen LogP contribution in [0.5, 0.6) is 0 Å². The molecule has 0 amide bonds. The molecule has 154 valence electrons. The van der Waals surface area contributed by atoms with Crippen LogP contribution < -0.4 is 10.6 Å². The Morgan fingerprint density at radius 1 is 1.07 bits per heavy atom. The molecule has 0 unspecified atom stereocenters. The lowest BCUT2D eigenvalue weighted by atomic mass is 10.2. The molecule has 0 aliphatic carbocycles. The van der Waals surface area contributed by atoms with E-state index >= 15 is 0 Å². The van der Waals surface area contributed by atoms with Gasteiger partial charge in [-0.15, -0.1) is 0 Å². The zero-order valence-electron chi connectivity index (χ0n) is 16.4. The molecular formula is C22H22ClN5OS. The minimum absolute atomic E-state index is 0.685. The molecule has 2 N–H and O–H groups in total. The number of hydrogen-bond donors (Lipinski definition) is 2. The van der Waals surface area contributed by atoms with Gasteiger partial charge in [-0.05, 0) is 42.5 Å². The smallest absolute Gasteiger partial charge is 0.183 e. The zero-order chi connectivity index (χ0) is 20.3. The quantitative estimate of drug-likeness (QED) is 0.441. The fraction of sp³-hybridized carbons (Fsp3) is 0.273. The van der Waals surface area contributed by atoms with E-state index in [1.165, 1.54) is 4.70 Å². The number of nitrogens with zero attached hydrogens (tertiary/aromatic N) is 3. The summed E-state index contributed by atoms with van der Waals surface area (Å²) >= 11 is 7.78. The highest BCUT2D eigenvalue weighted by Gasteiger charge is 2.11. The number of thiazole rings is 1. The lowest BCUT2D eigenvalue weighted by Crippen LogP contribution is -2.38. The third-order valence-electron chi connectivity index (χ3n) is 5.18. The van der Waals surface area contributed by atoms with E-state index in [-0.39, 0.29) is 0 Å². The highest BCUT2D eigenvalue weighted by atomic mass is 35.5. The summed E-state index contributed by atoms with van der Waals surface area (Å²) in [6, 6.07) is 14.0. The van der Waals surface area contributed by atoms with Crippen molar-refractivity contribution in [3.63, 3.8) is 0 Å². The van der Waals surface area contributed by atoms with Gasteiger partial charge < -0.3 is 15.4 Å². The number of ether oxygens (including phenoxy) is 1. The molecule has 1 saturated heterocycles. The van der Waals surface area contributed by atoms with Gasteiger partial charge in [0.15, 0.2) is 5.13 Å². The SMILES string of the molecule is Clc1ccc2c(Nc3ccc4sc(NCCN5CCOCC5)nc4c3)ccnc2c1. The van der Waals surface area contributed by atoms with Gasteiger partial charge in [-0.1, -0.05) is 22.9 Å². The summed E-state index contributed by atoms with van der Waals surface area (Å²) in [5, 5.41) is 9.64. The normalized spacial score (nSPS) is 15.0. The standard InChI is InChI=1S/C22H22ClN5OS/c23-15-1-3-17-18(5-6-24-19(17)13-15)26-16-2-4-21-20(14-16)27-22(30-21)25-7-8-28-9-11-29-12-10-28/h1-6,13-14H,7-12H2,(H,24,26)(H,25,27). The number of fused-ring (bicyclic) bond motifs is 2. The third kappa shape index (κ3) is 4.34. The van der Waals surface area contributed by atoms with Crippen LogP contribution in [0.15, 0.2) is 48.7 Å². The van der Waals surface area contributed by atoms with Crippen molar-refractivity contribution in [3.05, 3.63) is 53.7 Å². The number of rotatable bonds is 6. The highest BCUT2D eigenvalue weighted by molar-refractivity contribution is 7.22. The molecule has 1 fully saturated rings. The van der Waals surface area contributed by atoms with Crippen molar-refractivity contribution in [2.45, 2.75) is 0 Å². The summed E-state index contributed by atoms with van der Waals surface area (Å²) in [5.74, 6) is 0.